The van der Waals surface area contributed by atoms with Gasteiger partial charge in [0.2, 0.25) is 0 Å². The quantitative estimate of drug-likeness (QED) is 0.114. The smallest absolute Gasteiger partial charge is 0.341 e. The maximum absolute atomic E-state index is 11.3. The number of carboxylic acid groups (broad SMARTS) is 1. The molecule has 0 saturated heterocycles. The van der Waals surface area contributed by atoms with E-state index in [4.69, 9.17) is 5.11 Å². The minimum atomic E-state index is -1.09. The molecule has 0 saturated carbocycles. The molecule has 0 amide bonds. The van der Waals surface area contributed by atoms with Gasteiger partial charge in [-0.3, -0.25) is 4.79 Å². The molecule has 0 aliphatic rings. The Morgan fingerprint density at radius 2 is 0.806 bits per heavy atom. The van der Waals surface area contributed by atoms with Gasteiger partial charge in [0.25, 0.3) is 0 Å². The molecule has 0 aliphatic carbocycles. The summed E-state index contributed by atoms with van der Waals surface area (Å²) in [6.07, 6.45) is 29.9. The molecule has 0 aromatic carbocycles. The molecule has 0 aliphatic heterocycles. The lowest BCUT2D eigenvalue weighted by atomic mass is 10.0. The predicted molar refractivity (Wildman–Crippen MR) is 130 cm³/mol. The molecule has 0 atom stereocenters. The van der Waals surface area contributed by atoms with Crippen LogP contribution in [0.15, 0.2) is 0 Å². The minimum Gasteiger partial charge on any atom is -0.479 e. The second-order valence-corrected chi connectivity index (χ2v) is 9.23. The van der Waals surface area contributed by atoms with Crippen molar-refractivity contribution in [2.24, 2.45) is 0 Å². The molecule has 4 nitrogen and oxygen atoms in total. The topological polar surface area (TPSA) is 63.6 Å². The fourth-order valence-corrected chi connectivity index (χ4v) is 4.09. The fourth-order valence-electron chi connectivity index (χ4n) is 4.09. The van der Waals surface area contributed by atoms with Gasteiger partial charge in [0.15, 0.2) is 6.61 Å². The van der Waals surface area contributed by atoms with Gasteiger partial charge in [0, 0.05) is 6.42 Å². The van der Waals surface area contributed by atoms with Crippen molar-refractivity contribution >= 4 is 11.9 Å². The summed E-state index contributed by atoms with van der Waals surface area (Å²) in [5, 5.41) is 8.44. The first kappa shape index (κ1) is 29.9. The summed E-state index contributed by atoms with van der Waals surface area (Å²) in [5.74, 6) is -1.49. The number of rotatable bonds is 25. The van der Waals surface area contributed by atoms with Crippen LogP contribution in [0.2, 0.25) is 0 Å². The maximum atomic E-state index is 11.3. The van der Waals surface area contributed by atoms with Gasteiger partial charge in [-0.05, 0) is 6.42 Å². The van der Waals surface area contributed by atoms with Crippen LogP contribution in [-0.4, -0.2) is 23.7 Å². The van der Waals surface area contributed by atoms with Crippen molar-refractivity contribution in [2.75, 3.05) is 6.61 Å². The Balaban J connectivity index is 3.08. The third-order valence-electron chi connectivity index (χ3n) is 6.09. The number of esters is 1. The van der Waals surface area contributed by atoms with E-state index in [2.05, 4.69) is 11.7 Å². The van der Waals surface area contributed by atoms with E-state index >= 15 is 0 Å². The summed E-state index contributed by atoms with van der Waals surface area (Å²) >= 11 is 0. The van der Waals surface area contributed by atoms with Crippen LogP contribution >= 0.6 is 0 Å². The zero-order chi connectivity index (χ0) is 22.8. The van der Waals surface area contributed by atoms with E-state index in [0.717, 1.165) is 19.3 Å². The van der Waals surface area contributed by atoms with Crippen LogP contribution in [0.3, 0.4) is 0 Å². The lowest BCUT2D eigenvalue weighted by Crippen LogP contribution is -2.12. The molecule has 0 bridgehead atoms. The van der Waals surface area contributed by atoms with Crippen molar-refractivity contribution in [3.05, 3.63) is 0 Å². The highest BCUT2D eigenvalue weighted by Gasteiger charge is 2.05. The van der Waals surface area contributed by atoms with E-state index in [-0.39, 0.29) is 0 Å². The lowest BCUT2D eigenvalue weighted by molar-refractivity contribution is -0.155. The molecule has 184 valence electrons. The Morgan fingerprint density at radius 1 is 0.516 bits per heavy atom. The number of hydrogen-bond acceptors (Lipinski definition) is 3. The summed E-state index contributed by atoms with van der Waals surface area (Å²) in [5.41, 5.74) is 0. The highest BCUT2D eigenvalue weighted by Crippen LogP contribution is 2.15. The standard InChI is InChI=1S/C27H52O4/c1-2-3-4-5-6-7-8-9-10-11-12-13-14-15-16-17-18-19-20-21-22-23-24-27(30)31-25-26(28)29/h2-25H2,1H3,(H,28,29). The van der Waals surface area contributed by atoms with Crippen LogP contribution in [0.25, 0.3) is 0 Å². The molecular weight excluding hydrogens is 388 g/mol. The summed E-state index contributed by atoms with van der Waals surface area (Å²) in [4.78, 5) is 21.6. The third kappa shape index (κ3) is 26.9. The normalized spacial score (nSPS) is 11.0. The van der Waals surface area contributed by atoms with Gasteiger partial charge in [-0.1, -0.05) is 142 Å². The molecule has 0 unspecified atom stereocenters. The van der Waals surface area contributed by atoms with Gasteiger partial charge >= 0.3 is 11.9 Å². The first-order valence-corrected chi connectivity index (χ1v) is 13.5. The Bertz CT molecular complexity index is 395. The molecule has 0 radical (unpaired) electrons. The van der Waals surface area contributed by atoms with Gasteiger partial charge in [-0.2, -0.15) is 0 Å². The van der Waals surface area contributed by atoms with Gasteiger partial charge in [0.05, 0.1) is 0 Å². The summed E-state index contributed by atoms with van der Waals surface area (Å²) in [7, 11) is 0. The second kappa shape index (κ2) is 25.2. The maximum Gasteiger partial charge on any atom is 0.341 e. The number of unbranched alkanes of at least 4 members (excludes halogenated alkanes) is 21. The SMILES string of the molecule is CCCCCCCCCCCCCCCCCCCCCCCCC(=O)OCC(=O)O. The predicted octanol–water partition coefficient (Wildman–Crippen LogP) is 8.61. The average Bonchev–Trinajstić information content (AvgIpc) is 2.75. The van der Waals surface area contributed by atoms with Crippen LogP contribution < -0.4 is 0 Å². The van der Waals surface area contributed by atoms with Gasteiger partial charge in [-0.25, -0.2) is 4.79 Å². The largest absolute Gasteiger partial charge is 0.479 e. The molecule has 0 fully saturated rings. The number of carbonyl (C=O) groups excluding carboxylic acids is 1. The molecule has 1 N–H and O–H groups in total. The molecule has 0 heterocycles. The van der Waals surface area contributed by atoms with Crippen LogP contribution in [0.1, 0.15) is 155 Å². The molecule has 0 aromatic rings. The summed E-state index contributed by atoms with van der Waals surface area (Å²) in [6, 6.07) is 0. The second-order valence-electron chi connectivity index (χ2n) is 9.23. The monoisotopic (exact) mass is 440 g/mol. The zero-order valence-corrected chi connectivity index (χ0v) is 20.6. The first-order chi connectivity index (χ1) is 15.2. The van der Waals surface area contributed by atoms with Crippen LogP contribution in [0, 0.1) is 0 Å². The Hall–Kier alpha value is -1.06. The van der Waals surface area contributed by atoms with Crippen LogP contribution in [0.5, 0.6) is 0 Å². The highest BCUT2D eigenvalue weighted by atomic mass is 16.5. The van der Waals surface area contributed by atoms with Crippen molar-refractivity contribution < 1.29 is 19.4 Å². The van der Waals surface area contributed by atoms with Crippen LogP contribution in [-0.2, 0) is 14.3 Å². The van der Waals surface area contributed by atoms with Crippen molar-refractivity contribution in [2.45, 2.75) is 155 Å². The number of carboxylic acids is 1. The van der Waals surface area contributed by atoms with Crippen molar-refractivity contribution in [3.63, 3.8) is 0 Å². The number of aliphatic carboxylic acids is 1. The third-order valence-corrected chi connectivity index (χ3v) is 6.09. The zero-order valence-electron chi connectivity index (χ0n) is 20.6. The van der Waals surface area contributed by atoms with Crippen molar-refractivity contribution in [1.29, 1.82) is 0 Å². The number of hydrogen-bond donors (Lipinski definition) is 1. The fraction of sp³-hybridized carbons (Fsp3) is 0.926. The average molecular weight is 441 g/mol. The molecule has 31 heavy (non-hydrogen) atoms. The Labute approximate surface area is 192 Å². The molecule has 4 heteroatoms. The minimum absolute atomic E-state index is 0.340. The molecule has 0 rings (SSSR count). The van der Waals surface area contributed by atoms with Gasteiger partial charge in [0.1, 0.15) is 0 Å². The molecule has 0 aromatic heterocycles. The first-order valence-electron chi connectivity index (χ1n) is 13.5. The number of ether oxygens (including phenoxy) is 1. The Kier molecular flexibility index (Phi) is 24.3. The van der Waals surface area contributed by atoms with Crippen molar-refractivity contribution in [1.82, 2.24) is 0 Å². The van der Waals surface area contributed by atoms with Crippen molar-refractivity contribution in [3.8, 4) is 0 Å². The lowest BCUT2D eigenvalue weighted by Gasteiger charge is -2.04. The summed E-state index contributed by atoms with van der Waals surface area (Å²) < 4.78 is 4.61. The van der Waals surface area contributed by atoms with E-state index in [1.807, 2.05) is 0 Å². The van der Waals surface area contributed by atoms with E-state index in [9.17, 15) is 9.59 Å². The number of carbonyl (C=O) groups is 2. The summed E-state index contributed by atoms with van der Waals surface area (Å²) in [6.45, 7) is 1.77. The van der Waals surface area contributed by atoms with E-state index in [1.165, 1.54) is 122 Å². The van der Waals surface area contributed by atoms with Crippen LogP contribution in [0.4, 0.5) is 0 Å². The van der Waals surface area contributed by atoms with E-state index < -0.39 is 18.5 Å². The van der Waals surface area contributed by atoms with Gasteiger partial charge in [-0.15, -0.1) is 0 Å². The molecule has 0 spiro atoms. The van der Waals surface area contributed by atoms with Gasteiger partial charge < -0.3 is 9.84 Å². The molecular formula is C27H52O4. The van der Waals surface area contributed by atoms with E-state index in [0.29, 0.717) is 6.42 Å². The highest BCUT2D eigenvalue weighted by molar-refractivity contribution is 5.75. The van der Waals surface area contributed by atoms with E-state index in [1.54, 1.807) is 0 Å². The Morgan fingerprint density at radius 3 is 1.10 bits per heavy atom.